The molecule has 0 radical (unpaired) electrons. The number of alkyl halides is 3. The number of hydrogen-bond acceptors (Lipinski definition) is 4. The van der Waals surface area contributed by atoms with Gasteiger partial charge in [-0.1, -0.05) is 42.3 Å². The first-order chi connectivity index (χ1) is 17.5. The summed E-state index contributed by atoms with van der Waals surface area (Å²) in [5, 5.41) is 22.9. The third-order valence-corrected chi connectivity index (χ3v) is 5.95. The van der Waals surface area contributed by atoms with Crippen LogP contribution in [0.3, 0.4) is 0 Å². The maximum Gasteiger partial charge on any atom is 0.416 e. The second-order valence-corrected chi connectivity index (χ2v) is 8.48. The van der Waals surface area contributed by atoms with Gasteiger partial charge in [-0.05, 0) is 37.1 Å². The number of nitrogens with one attached hydrogen (secondary N) is 1. The number of nitrogens with zero attached hydrogens (tertiary/aromatic N) is 2. The second-order valence-electron chi connectivity index (χ2n) is 8.48. The minimum atomic E-state index is -4.63. The Labute approximate surface area is 211 Å². The Morgan fingerprint density at radius 1 is 1.19 bits per heavy atom. The fraction of sp³-hybridized carbons (Fsp3) is 0.346. The van der Waals surface area contributed by atoms with Gasteiger partial charge in [0.2, 0.25) is 5.91 Å². The standard InChI is InChI=1S/C26H26F3N3O5/c1-2-7-22(33)21(16-31(25(36)37)15-17-8-4-3-5-9-17)32-13-12-20(24(32)35)30-23(34)18-10-6-11-19(14-18)26(27,28)29/h3-6,8-11,14,20-22,33H,12-13,15-16H2,1H3,(H,30,34)(H,36,37)/t20?,21?,22-/m0/s1. The average Bonchev–Trinajstić information content (AvgIpc) is 3.21. The zero-order chi connectivity index (χ0) is 27.2. The first-order valence-corrected chi connectivity index (χ1v) is 11.4. The van der Waals surface area contributed by atoms with Crippen molar-refractivity contribution in [1.29, 1.82) is 0 Å². The number of carbonyl (C=O) groups excluding carboxylic acids is 2. The number of rotatable bonds is 8. The molecular formula is C26H26F3N3O5. The molecule has 1 fully saturated rings. The zero-order valence-corrected chi connectivity index (χ0v) is 19.9. The van der Waals surface area contributed by atoms with Crippen molar-refractivity contribution in [1.82, 2.24) is 15.1 Å². The third-order valence-electron chi connectivity index (χ3n) is 5.95. The number of likely N-dealkylation sites (tertiary alicyclic amines) is 1. The molecule has 2 unspecified atom stereocenters. The highest BCUT2D eigenvalue weighted by molar-refractivity contribution is 5.98. The Kier molecular flexibility index (Phi) is 8.78. The molecule has 1 saturated heterocycles. The van der Waals surface area contributed by atoms with E-state index < -0.39 is 47.8 Å². The Balaban J connectivity index is 1.76. The van der Waals surface area contributed by atoms with Gasteiger partial charge in [-0.2, -0.15) is 13.2 Å². The van der Waals surface area contributed by atoms with Crippen molar-refractivity contribution in [3.8, 4) is 11.8 Å². The summed E-state index contributed by atoms with van der Waals surface area (Å²) >= 11 is 0. The lowest BCUT2D eigenvalue weighted by atomic mass is 10.1. The largest absolute Gasteiger partial charge is 0.465 e. The van der Waals surface area contributed by atoms with E-state index in [-0.39, 0.29) is 31.6 Å². The van der Waals surface area contributed by atoms with Crippen LogP contribution in [-0.4, -0.2) is 69.2 Å². The zero-order valence-electron chi connectivity index (χ0n) is 19.9. The number of aliphatic hydroxyl groups excluding tert-OH is 1. The number of hydrogen-bond donors (Lipinski definition) is 3. The molecule has 37 heavy (non-hydrogen) atoms. The van der Waals surface area contributed by atoms with E-state index in [0.717, 1.165) is 17.0 Å². The first-order valence-electron chi connectivity index (χ1n) is 11.4. The lowest BCUT2D eigenvalue weighted by Crippen LogP contribution is -2.53. The van der Waals surface area contributed by atoms with Gasteiger partial charge in [0.25, 0.3) is 5.91 Å². The quantitative estimate of drug-likeness (QED) is 0.467. The van der Waals surface area contributed by atoms with Gasteiger partial charge in [0.15, 0.2) is 0 Å². The molecule has 1 heterocycles. The van der Waals surface area contributed by atoms with E-state index in [1.165, 1.54) is 17.9 Å². The Bertz CT molecular complexity index is 1190. The molecule has 0 aromatic heterocycles. The Hall–Kier alpha value is -4.04. The van der Waals surface area contributed by atoms with Crippen LogP contribution in [0.5, 0.6) is 0 Å². The molecule has 3 amide bonds. The van der Waals surface area contributed by atoms with E-state index >= 15 is 0 Å². The fourth-order valence-electron chi connectivity index (χ4n) is 4.10. The molecule has 0 aliphatic carbocycles. The van der Waals surface area contributed by atoms with Crippen molar-refractivity contribution in [2.75, 3.05) is 13.1 Å². The van der Waals surface area contributed by atoms with E-state index in [1.54, 1.807) is 30.3 Å². The topological polar surface area (TPSA) is 110 Å². The number of aliphatic hydroxyl groups is 1. The van der Waals surface area contributed by atoms with Gasteiger partial charge in [-0.25, -0.2) is 4.79 Å². The summed E-state index contributed by atoms with van der Waals surface area (Å²) < 4.78 is 39.0. The normalized spacial score (nSPS) is 16.9. The van der Waals surface area contributed by atoms with Gasteiger partial charge in [0.05, 0.1) is 11.6 Å². The van der Waals surface area contributed by atoms with Crippen LogP contribution < -0.4 is 5.32 Å². The predicted molar refractivity (Wildman–Crippen MR) is 127 cm³/mol. The van der Waals surface area contributed by atoms with Gasteiger partial charge in [0, 0.05) is 25.2 Å². The molecule has 0 bridgehead atoms. The van der Waals surface area contributed by atoms with E-state index in [4.69, 9.17) is 0 Å². The molecule has 3 atom stereocenters. The predicted octanol–water partition coefficient (Wildman–Crippen LogP) is 2.97. The fourth-order valence-corrected chi connectivity index (χ4v) is 4.10. The summed E-state index contributed by atoms with van der Waals surface area (Å²) in [6.07, 6.45) is -7.13. The van der Waals surface area contributed by atoms with Crippen molar-refractivity contribution in [3.63, 3.8) is 0 Å². The van der Waals surface area contributed by atoms with Crippen LogP contribution in [0.1, 0.15) is 34.8 Å². The van der Waals surface area contributed by atoms with E-state index in [1.807, 2.05) is 0 Å². The SMILES string of the molecule is CC#C[C@H](O)C(CN(Cc1ccccc1)C(=O)O)N1CCC(NC(=O)c2cccc(C(F)(F)F)c2)C1=O. The third kappa shape index (κ3) is 7.01. The highest BCUT2D eigenvalue weighted by Gasteiger charge is 2.40. The number of halogens is 3. The van der Waals surface area contributed by atoms with Crippen LogP contribution >= 0.6 is 0 Å². The molecule has 1 aliphatic heterocycles. The van der Waals surface area contributed by atoms with Crippen molar-refractivity contribution in [2.45, 2.75) is 44.3 Å². The highest BCUT2D eigenvalue weighted by atomic mass is 19.4. The van der Waals surface area contributed by atoms with E-state index in [9.17, 15) is 37.8 Å². The number of carbonyl (C=O) groups is 3. The number of amides is 3. The lowest BCUT2D eigenvalue weighted by Gasteiger charge is -2.33. The molecule has 0 saturated carbocycles. The maximum absolute atomic E-state index is 13.2. The molecule has 2 aromatic rings. The minimum absolute atomic E-state index is 0.0106. The molecule has 11 heteroatoms. The monoisotopic (exact) mass is 517 g/mol. The van der Waals surface area contributed by atoms with Crippen molar-refractivity contribution in [2.24, 2.45) is 0 Å². The summed E-state index contributed by atoms with van der Waals surface area (Å²) in [7, 11) is 0. The van der Waals surface area contributed by atoms with Gasteiger partial charge in [-0.3, -0.25) is 9.59 Å². The Morgan fingerprint density at radius 3 is 2.51 bits per heavy atom. The van der Waals surface area contributed by atoms with Crippen LogP contribution in [0.25, 0.3) is 0 Å². The van der Waals surface area contributed by atoms with Gasteiger partial charge < -0.3 is 25.3 Å². The Morgan fingerprint density at radius 2 is 1.89 bits per heavy atom. The first kappa shape index (κ1) is 27.5. The van der Waals surface area contributed by atoms with Crippen molar-refractivity contribution >= 4 is 17.9 Å². The number of carboxylic acid groups (broad SMARTS) is 1. The molecule has 1 aliphatic rings. The lowest BCUT2D eigenvalue weighted by molar-refractivity contribution is -0.137. The van der Waals surface area contributed by atoms with Crippen LogP contribution in [0.2, 0.25) is 0 Å². The van der Waals surface area contributed by atoms with Gasteiger partial charge in [0.1, 0.15) is 12.1 Å². The van der Waals surface area contributed by atoms with E-state index in [2.05, 4.69) is 17.2 Å². The van der Waals surface area contributed by atoms with Crippen LogP contribution in [0.4, 0.5) is 18.0 Å². The summed E-state index contributed by atoms with van der Waals surface area (Å²) in [6.45, 7) is 1.33. The summed E-state index contributed by atoms with van der Waals surface area (Å²) in [4.78, 5) is 40.0. The maximum atomic E-state index is 13.2. The molecular weight excluding hydrogens is 491 g/mol. The van der Waals surface area contributed by atoms with Crippen molar-refractivity contribution < 1.29 is 37.8 Å². The highest BCUT2D eigenvalue weighted by Crippen LogP contribution is 2.29. The van der Waals surface area contributed by atoms with Crippen molar-refractivity contribution in [3.05, 3.63) is 71.3 Å². The van der Waals surface area contributed by atoms with Crippen LogP contribution in [0.15, 0.2) is 54.6 Å². The molecule has 0 spiro atoms. The average molecular weight is 518 g/mol. The molecule has 196 valence electrons. The smallest absolute Gasteiger partial charge is 0.416 e. The molecule has 2 aromatic carbocycles. The summed E-state index contributed by atoms with van der Waals surface area (Å²) in [5.74, 6) is 3.66. The summed E-state index contributed by atoms with van der Waals surface area (Å²) in [5.41, 5.74) is -0.541. The van der Waals surface area contributed by atoms with Gasteiger partial charge >= 0.3 is 12.3 Å². The molecule has 8 nitrogen and oxygen atoms in total. The summed E-state index contributed by atoms with van der Waals surface area (Å²) in [6, 6.07) is 10.5. The molecule has 3 rings (SSSR count). The minimum Gasteiger partial charge on any atom is -0.465 e. The number of benzene rings is 2. The van der Waals surface area contributed by atoms with Gasteiger partial charge in [-0.15, -0.1) is 5.92 Å². The van der Waals surface area contributed by atoms with Crippen LogP contribution in [-0.2, 0) is 17.5 Å². The van der Waals surface area contributed by atoms with Crippen LogP contribution in [0, 0.1) is 11.8 Å². The second kappa shape index (κ2) is 11.8. The molecule has 3 N–H and O–H groups in total. The van der Waals surface area contributed by atoms with E-state index in [0.29, 0.717) is 11.6 Å².